The molecule has 0 unspecified atom stereocenters. The van der Waals surface area contributed by atoms with Crippen molar-refractivity contribution in [1.82, 2.24) is 0 Å². The summed E-state index contributed by atoms with van der Waals surface area (Å²) in [5.74, 6) is -0.0540. The van der Waals surface area contributed by atoms with Crippen LogP contribution in [0, 0.1) is 0 Å². The molecule has 3 nitrogen and oxygen atoms in total. The summed E-state index contributed by atoms with van der Waals surface area (Å²) in [6, 6.07) is 22.5. The Labute approximate surface area is 130 Å². The number of fused-ring (bicyclic) bond motifs is 1. The largest absolute Gasteiger partial charge is 0.380 e. The lowest BCUT2D eigenvalue weighted by atomic mass is 10.1. The van der Waals surface area contributed by atoms with Crippen LogP contribution in [0.15, 0.2) is 66.7 Å². The van der Waals surface area contributed by atoms with E-state index < -0.39 is 0 Å². The molecule has 3 aromatic rings. The van der Waals surface area contributed by atoms with E-state index in [9.17, 15) is 4.79 Å². The molecule has 3 heteroatoms. The summed E-state index contributed by atoms with van der Waals surface area (Å²) in [4.78, 5) is 11.0. The zero-order chi connectivity index (χ0) is 15.4. The SMILES string of the molecule is CC(=O)Nc1ccc(CNc2cccc3ccccc23)cc1. The number of rotatable bonds is 4. The van der Waals surface area contributed by atoms with Gasteiger partial charge in [-0.1, -0.05) is 48.5 Å². The third kappa shape index (κ3) is 3.26. The first-order chi connectivity index (χ1) is 10.7. The Kier molecular flexibility index (Phi) is 4.05. The monoisotopic (exact) mass is 290 g/mol. The molecule has 0 aliphatic heterocycles. The van der Waals surface area contributed by atoms with E-state index in [-0.39, 0.29) is 5.91 Å². The smallest absolute Gasteiger partial charge is 0.221 e. The summed E-state index contributed by atoms with van der Waals surface area (Å²) in [6.07, 6.45) is 0. The van der Waals surface area contributed by atoms with E-state index >= 15 is 0 Å². The van der Waals surface area contributed by atoms with E-state index in [2.05, 4.69) is 47.0 Å². The Morgan fingerprint density at radius 2 is 1.64 bits per heavy atom. The zero-order valence-electron chi connectivity index (χ0n) is 12.5. The average Bonchev–Trinajstić information content (AvgIpc) is 2.54. The van der Waals surface area contributed by atoms with E-state index in [4.69, 9.17) is 0 Å². The van der Waals surface area contributed by atoms with Gasteiger partial charge in [0.25, 0.3) is 0 Å². The molecule has 0 aliphatic carbocycles. The van der Waals surface area contributed by atoms with Crippen LogP contribution in [0.1, 0.15) is 12.5 Å². The molecule has 22 heavy (non-hydrogen) atoms. The van der Waals surface area contributed by atoms with E-state index in [1.807, 2.05) is 30.3 Å². The fourth-order valence-corrected chi connectivity index (χ4v) is 2.49. The van der Waals surface area contributed by atoms with Crippen LogP contribution in [0.2, 0.25) is 0 Å². The highest BCUT2D eigenvalue weighted by atomic mass is 16.1. The van der Waals surface area contributed by atoms with Crippen LogP contribution >= 0.6 is 0 Å². The van der Waals surface area contributed by atoms with Crippen molar-refractivity contribution in [1.29, 1.82) is 0 Å². The van der Waals surface area contributed by atoms with Crippen LogP contribution in [-0.4, -0.2) is 5.91 Å². The minimum Gasteiger partial charge on any atom is -0.380 e. The standard InChI is InChI=1S/C19H18N2O/c1-14(22)21-17-11-9-15(10-12-17)13-20-19-8-4-6-16-5-2-3-7-18(16)19/h2-12,20H,13H2,1H3,(H,21,22). The number of carbonyl (C=O) groups excluding carboxylic acids is 1. The molecular formula is C19H18N2O. The topological polar surface area (TPSA) is 41.1 Å². The molecule has 2 N–H and O–H groups in total. The fourth-order valence-electron chi connectivity index (χ4n) is 2.49. The van der Waals surface area contributed by atoms with Gasteiger partial charge in [-0.3, -0.25) is 4.79 Å². The number of carbonyl (C=O) groups is 1. The number of amides is 1. The molecule has 0 saturated carbocycles. The number of benzene rings is 3. The van der Waals surface area contributed by atoms with Crippen molar-refractivity contribution in [3.8, 4) is 0 Å². The summed E-state index contributed by atoms with van der Waals surface area (Å²) < 4.78 is 0. The molecule has 3 aromatic carbocycles. The second-order valence-corrected chi connectivity index (χ2v) is 5.26. The third-order valence-electron chi connectivity index (χ3n) is 3.55. The van der Waals surface area contributed by atoms with Crippen LogP contribution in [0.4, 0.5) is 11.4 Å². The first kappa shape index (κ1) is 14.1. The van der Waals surface area contributed by atoms with Gasteiger partial charge in [-0.15, -0.1) is 0 Å². The van der Waals surface area contributed by atoms with Crippen molar-refractivity contribution in [2.24, 2.45) is 0 Å². The first-order valence-corrected chi connectivity index (χ1v) is 7.30. The summed E-state index contributed by atoms with van der Waals surface area (Å²) in [7, 11) is 0. The molecule has 3 rings (SSSR count). The molecule has 110 valence electrons. The molecule has 1 amide bonds. The second kappa shape index (κ2) is 6.31. The number of hydrogen-bond donors (Lipinski definition) is 2. The minimum absolute atomic E-state index is 0.0540. The summed E-state index contributed by atoms with van der Waals surface area (Å²) in [5.41, 5.74) is 3.12. The van der Waals surface area contributed by atoms with Gasteiger partial charge in [0, 0.05) is 30.2 Å². The van der Waals surface area contributed by atoms with Gasteiger partial charge in [-0.2, -0.15) is 0 Å². The van der Waals surface area contributed by atoms with Crippen LogP contribution in [0.3, 0.4) is 0 Å². The Balaban J connectivity index is 1.72. The van der Waals surface area contributed by atoms with Crippen molar-refractivity contribution >= 4 is 28.1 Å². The number of hydrogen-bond acceptors (Lipinski definition) is 2. The van der Waals surface area contributed by atoms with Gasteiger partial charge in [0.15, 0.2) is 0 Å². The Morgan fingerprint density at radius 3 is 2.41 bits per heavy atom. The van der Waals surface area contributed by atoms with E-state index in [1.54, 1.807) is 0 Å². The average molecular weight is 290 g/mol. The van der Waals surface area contributed by atoms with Crippen molar-refractivity contribution in [3.05, 3.63) is 72.3 Å². The zero-order valence-corrected chi connectivity index (χ0v) is 12.5. The highest BCUT2D eigenvalue weighted by molar-refractivity contribution is 5.93. The predicted octanol–water partition coefficient (Wildman–Crippen LogP) is 4.41. The molecule has 0 heterocycles. The quantitative estimate of drug-likeness (QED) is 0.747. The molecule has 0 atom stereocenters. The van der Waals surface area contributed by atoms with Crippen molar-refractivity contribution in [2.75, 3.05) is 10.6 Å². The van der Waals surface area contributed by atoms with Crippen molar-refractivity contribution in [2.45, 2.75) is 13.5 Å². The molecule has 0 fully saturated rings. The second-order valence-electron chi connectivity index (χ2n) is 5.26. The van der Waals surface area contributed by atoms with Gasteiger partial charge in [0.1, 0.15) is 0 Å². The van der Waals surface area contributed by atoms with Crippen molar-refractivity contribution < 1.29 is 4.79 Å². The van der Waals surface area contributed by atoms with Crippen LogP contribution < -0.4 is 10.6 Å². The summed E-state index contributed by atoms with van der Waals surface area (Å²) >= 11 is 0. The van der Waals surface area contributed by atoms with Gasteiger partial charge in [-0.25, -0.2) is 0 Å². The molecule has 0 bridgehead atoms. The summed E-state index contributed by atoms with van der Waals surface area (Å²) in [5, 5.41) is 8.70. The predicted molar refractivity (Wildman–Crippen MR) is 92.0 cm³/mol. The maximum absolute atomic E-state index is 11.0. The lowest BCUT2D eigenvalue weighted by Gasteiger charge is -2.10. The molecule has 0 saturated heterocycles. The number of anilines is 2. The Bertz CT molecular complexity index is 789. The molecule has 0 radical (unpaired) electrons. The van der Waals surface area contributed by atoms with Gasteiger partial charge in [-0.05, 0) is 29.1 Å². The first-order valence-electron chi connectivity index (χ1n) is 7.30. The van der Waals surface area contributed by atoms with Crippen molar-refractivity contribution in [3.63, 3.8) is 0 Å². The maximum Gasteiger partial charge on any atom is 0.221 e. The van der Waals surface area contributed by atoms with E-state index in [1.165, 1.54) is 23.3 Å². The Morgan fingerprint density at radius 1 is 0.909 bits per heavy atom. The number of nitrogens with one attached hydrogen (secondary N) is 2. The Hall–Kier alpha value is -2.81. The highest BCUT2D eigenvalue weighted by Gasteiger charge is 2.00. The van der Waals surface area contributed by atoms with Gasteiger partial charge in [0.2, 0.25) is 5.91 Å². The molecule has 0 aliphatic rings. The van der Waals surface area contributed by atoms with Crippen LogP contribution in [-0.2, 0) is 11.3 Å². The lowest BCUT2D eigenvalue weighted by Crippen LogP contribution is -2.06. The third-order valence-corrected chi connectivity index (χ3v) is 3.55. The lowest BCUT2D eigenvalue weighted by molar-refractivity contribution is -0.114. The minimum atomic E-state index is -0.0540. The fraction of sp³-hybridized carbons (Fsp3) is 0.105. The van der Waals surface area contributed by atoms with Crippen LogP contribution in [0.25, 0.3) is 10.8 Å². The van der Waals surface area contributed by atoms with Gasteiger partial charge in [0.05, 0.1) is 0 Å². The summed E-state index contributed by atoms with van der Waals surface area (Å²) in [6.45, 7) is 2.25. The maximum atomic E-state index is 11.0. The van der Waals surface area contributed by atoms with Gasteiger partial charge >= 0.3 is 0 Å². The van der Waals surface area contributed by atoms with E-state index in [0.29, 0.717) is 0 Å². The normalized spacial score (nSPS) is 10.4. The highest BCUT2D eigenvalue weighted by Crippen LogP contribution is 2.23. The molecule has 0 spiro atoms. The van der Waals surface area contributed by atoms with Gasteiger partial charge < -0.3 is 10.6 Å². The molecule has 0 aromatic heterocycles. The molecular weight excluding hydrogens is 272 g/mol. The van der Waals surface area contributed by atoms with Crippen LogP contribution in [0.5, 0.6) is 0 Å². The van der Waals surface area contributed by atoms with E-state index in [0.717, 1.165) is 17.9 Å².